The second kappa shape index (κ2) is 7.23. The van der Waals surface area contributed by atoms with Crippen LogP contribution < -0.4 is 10.1 Å². The molecule has 0 aliphatic rings. The van der Waals surface area contributed by atoms with Gasteiger partial charge in [-0.3, -0.25) is 0 Å². The molecule has 0 spiro atoms. The van der Waals surface area contributed by atoms with Crippen molar-refractivity contribution >= 4 is 0 Å². The van der Waals surface area contributed by atoms with Gasteiger partial charge in [-0.25, -0.2) is 4.39 Å². The number of nitrogens with one attached hydrogen (secondary N) is 1. The van der Waals surface area contributed by atoms with E-state index >= 15 is 0 Å². The van der Waals surface area contributed by atoms with Crippen LogP contribution in [0.2, 0.25) is 0 Å². The molecule has 1 aromatic rings. The van der Waals surface area contributed by atoms with Crippen molar-refractivity contribution in [3.8, 4) is 5.75 Å². The van der Waals surface area contributed by atoms with Gasteiger partial charge < -0.3 is 10.1 Å². The van der Waals surface area contributed by atoms with Crippen LogP contribution in [0.5, 0.6) is 5.75 Å². The fourth-order valence-electron chi connectivity index (χ4n) is 1.22. The smallest absolute Gasteiger partial charge is 0.123 e. The second-order valence-corrected chi connectivity index (χ2v) is 3.41. The lowest BCUT2D eigenvalue weighted by Gasteiger charge is -2.06. The van der Waals surface area contributed by atoms with E-state index in [0.717, 1.165) is 31.7 Å². The normalized spacial score (nSPS) is 10.3. The Morgan fingerprint density at radius 3 is 2.60 bits per heavy atom. The zero-order chi connectivity index (χ0) is 10.9. The van der Waals surface area contributed by atoms with Crippen LogP contribution >= 0.6 is 0 Å². The molecule has 3 heteroatoms. The third kappa shape index (κ3) is 5.37. The molecule has 2 nitrogen and oxygen atoms in total. The molecule has 1 aromatic carbocycles. The van der Waals surface area contributed by atoms with E-state index in [-0.39, 0.29) is 5.82 Å². The highest BCUT2D eigenvalue weighted by Gasteiger charge is 1.94. The van der Waals surface area contributed by atoms with Gasteiger partial charge in [0.05, 0.1) is 6.61 Å². The van der Waals surface area contributed by atoms with Crippen LogP contribution in [0.1, 0.15) is 19.8 Å². The van der Waals surface area contributed by atoms with E-state index in [1.165, 1.54) is 12.1 Å². The molecule has 0 amide bonds. The Balaban J connectivity index is 2.07. The van der Waals surface area contributed by atoms with E-state index in [9.17, 15) is 4.39 Å². The Morgan fingerprint density at radius 1 is 1.20 bits per heavy atom. The molecule has 0 radical (unpaired) electrons. The van der Waals surface area contributed by atoms with Gasteiger partial charge >= 0.3 is 0 Å². The number of benzene rings is 1. The first kappa shape index (κ1) is 12.0. The van der Waals surface area contributed by atoms with Crippen LogP contribution in [-0.2, 0) is 0 Å². The fourth-order valence-corrected chi connectivity index (χ4v) is 1.22. The highest BCUT2D eigenvalue weighted by molar-refractivity contribution is 5.21. The maximum Gasteiger partial charge on any atom is 0.123 e. The molecule has 1 rings (SSSR count). The van der Waals surface area contributed by atoms with Crippen molar-refractivity contribution in [2.24, 2.45) is 0 Å². The number of rotatable bonds is 7. The van der Waals surface area contributed by atoms with Crippen molar-refractivity contribution in [1.82, 2.24) is 5.32 Å². The quantitative estimate of drug-likeness (QED) is 0.700. The van der Waals surface area contributed by atoms with Gasteiger partial charge in [-0.05, 0) is 50.2 Å². The first-order valence-electron chi connectivity index (χ1n) is 5.42. The SMILES string of the molecule is CCCNCCCOc1ccc(F)cc1. The molecule has 0 bridgehead atoms. The van der Waals surface area contributed by atoms with E-state index in [2.05, 4.69) is 12.2 Å². The van der Waals surface area contributed by atoms with Gasteiger partial charge in [-0.2, -0.15) is 0 Å². The maximum atomic E-state index is 12.5. The number of halogens is 1. The number of ether oxygens (including phenoxy) is 1. The van der Waals surface area contributed by atoms with Crippen LogP contribution in [-0.4, -0.2) is 19.7 Å². The van der Waals surface area contributed by atoms with Gasteiger partial charge in [0.1, 0.15) is 11.6 Å². The van der Waals surface area contributed by atoms with Crippen molar-refractivity contribution in [2.45, 2.75) is 19.8 Å². The molecule has 0 aliphatic carbocycles. The lowest BCUT2D eigenvalue weighted by Crippen LogP contribution is -2.18. The minimum absolute atomic E-state index is 0.230. The minimum Gasteiger partial charge on any atom is -0.494 e. The Bertz CT molecular complexity index is 261. The van der Waals surface area contributed by atoms with Crippen molar-refractivity contribution in [3.05, 3.63) is 30.1 Å². The molecular weight excluding hydrogens is 193 g/mol. The summed E-state index contributed by atoms with van der Waals surface area (Å²) >= 11 is 0. The summed E-state index contributed by atoms with van der Waals surface area (Å²) in [5.41, 5.74) is 0. The van der Waals surface area contributed by atoms with Crippen molar-refractivity contribution in [2.75, 3.05) is 19.7 Å². The van der Waals surface area contributed by atoms with Gasteiger partial charge in [0, 0.05) is 0 Å². The molecule has 0 aromatic heterocycles. The second-order valence-electron chi connectivity index (χ2n) is 3.41. The van der Waals surface area contributed by atoms with Crippen molar-refractivity contribution in [3.63, 3.8) is 0 Å². The molecule has 1 N–H and O–H groups in total. The summed E-state index contributed by atoms with van der Waals surface area (Å²) in [5.74, 6) is 0.499. The summed E-state index contributed by atoms with van der Waals surface area (Å²) in [4.78, 5) is 0. The summed E-state index contributed by atoms with van der Waals surface area (Å²) in [7, 11) is 0. The van der Waals surface area contributed by atoms with Crippen LogP contribution in [0.3, 0.4) is 0 Å². The molecule has 0 aliphatic heterocycles. The summed E-state index contributed by atoms with van der Waals surface area (Å²) in [6.45, 7) is 4.83. The maximum absolute atomic E-state index is 12.5. The summed E-state index contributed by atoms with van der Waals surface area (Å²) in [6, 6.07) is 6.11. The topological polar surface area (TPSA) is 21.3 Å². The third-order valence-electron chi connectivity index (χ3n) is 2.01. The van der Waals surface area contributed by atoms with Gasteiger partial charge in [0.2, 0.25) is 0 Å². The molecule has 84 valence electrons. The van der Waals surface area contributed by atoms with Gasteiger partial charge in [-0.15, -0.1) is 0 Å². The Labute approximate surface area is 90.4 Å². The van der Waals surface area contributed by atoms with E-state index < -0.39 is 0 Å². The standard InChI is InChI=1S/C12H18FNO/c1-2-8-14-9-3-10-15-12-6-4-11(13)5-7-12/h4-7,14H,2-3,8-10H2,1H3. The largest absolute Gasteiger partial charge is 0.494 e. The van der Waals surface area contributed by atoms with Crippen LogP contribution in [0, 0.1) is 5.82 Å². The highest BCUT2D eigenvalue weighted by Crippen LogP contribution is 2.10. The molecule has 15 heavy (non-hydrogen) atoms. The molecule has 0 fully saturated rings. The molecule has 0 saturated carbocycles. The van der Waals surface area contributed by atoms with Crippen molar-refractivity contribution < 1.29 is 9.13 Å². The third-order valence-corrected chi connectivity index (χ3v) is 2.01. The van der Waals surface area contributed by atoms with Crippen LogP contribution in [0.4, 0.5) is 4.39 Å². The Morgan fingerprint density at radius 2 is 1.93 bits per heavy atom. The van der Waals surface area contributed by atoms with Gasteiger partial charge in [-0.1, -0.05) is 6.92 Å². The van der Waals surface area contributed by atoms with E-state index in [1.807, 2.05) is 0 Å². The lowest BCUT2D eigenvalue weighted by molar-refractivity contribution is 0.308. The van der Waals surface area contributed by atoms with Crippen LogP contribution in [0.25, 0.3) is 0 Å². The molecule has 0 heterocycles. The molecule has 0 unspecified atom stereocenters. The number of hydrogen-bond acceptors (Lipinski definition) is 2. The van der Waals surface area contributed by atoms with Gasteiger partial charge in [0.25, 0.3) is 0 Å². The predicted molar refractivity (Wildman–Crippen MR) is 59.7 cm³/mol. The van der Waals surface area contributed by atoms with Crippen molar-refractivity contribution in [1.29, 1.82) is 0 Å². The van der Waals surface area contributed by atoms with Crippen LogP contribution in [0.15, 0.2) is 24.3 Å². The monoisotopic (exact) mass is 211 g/mol. The lowest BCUT2D eigenvalue weighted by atomic mass is 10.3. The first-order valence-corrected chi connectivity index (χ1v) is 5.42. The Hall–Kier alpha value is -1.09. The zero-order valence-electron chi connectivity index (χ0n) is 9.13. The number of hydrogen-bond donors (Lipinski definition) is 1. The Kier molecular flexibility index (Phi) is 5.78. The first-order chi connectivity index (χ1) is 7.33. The minimum atomic E-state index is -0.230. The molecule has 0 saturated heterocycles. The summed E-state index contributed by atoms with van der Waals surface area (Å²) in [5, 5.41) is 3.29. The average Bonchev–Trinajstić information content (AvgIpc) is 2.26. The fraction of sp³-hybridized carbons (Fsp3) is 0.500. The summed E-state index contributed by atoms with van der Waals surface area (Å²) < 4.78 is 18.0. The average molecular weight is 211 g/mol. The molecular formula is C12H18FNO. The molecule has 0 atom stereocenters. The summed E-state index contributed by atoms with van der Waals surface area (Å²) in [6.07, 6.45) is 2.12. The highest BCUT2D eigenvalue weighted by atomic mass is 19.1. The zero-order valence-corrected chi connectivity index (χ0v) is 9.13. The van der Waals surface area contributed by atoms with E-state index in [1.54, 1.807) is 12.1 Å². The predicted octanol–water partition coefficient (Wildman–Crippen LogP) is 2.59. The van der Waals surface area contributed by atoms with E-state index in [0.29, 0.717) is 6.61 Å². The van der Waals surface area contributed by atoms with Gasteiger partial charge in [0.15, 0.2) is 0 Å². The van der Waals surface area contributed by atoms with E-state index in [4.69, 9.17) is 4.74 Å².